The molecule has 0 bridgehead atoms. The predicted molar refractivity (Wildman–Crippen MR) is 73.1 cm³/mol. The Kier molecular flexibility index (Phi) is 3.93. The number of fused-ring (bicyclic) bond motifs is 1. The maximum Gasteiger partial charge on any atom is 0.0312 e. The first-order valence-electron chi connectivity index (χ1n) is 7.08. The minimum Gasteiger partial charge on any atom is -0.348 e. The number of aromatic nitrogens is 1. The molecule has 0 aromatic carbocycles. The van der Waals surface area contributed by atoms with E-state index in [1.54, 1.807) is 0 Å². The van der Waals surface area contributed by atoms with Gasteiger partial charge in [0.1, 0.15) is 0 Å². The SMILES string of the molecule is CCC(C)CC(C)n1ccc2c1CCCC2N. The molecule has 1 aliphatic rings. The monoisotopic (exact) mass is 234 g/mol. The van der Waals surface area contributed by atoms with Crippen LogP contribution in [-0.4, -0.2) is 4.57 Å². The van der Waals surface area contributed by atoms with Gasteiger partial charge in [-0.3, -0.25) is 0 Å². The van der Waals surface area contributed by atoms with Gasteiger partial charge in [0.15, 0.2) is 0 Å². The summed E-state index contributed by atoms with van der Waals surface area (Å²) >= 11 is 0. The molecule has 96 valence electrons. The zero-order chi connectivity index (χ0) is 12.4. The number of rotatable bonds is 4. The van der Waals surface area contributed by atoms with Crippen LogP contribution in [0.25, 0.3) is 0 Å². The van der Waals surface area contributed by atoms with Gasteiger partial charge in [0.25, 0.3) is 0 Å². The third-order valence-electron chi connectivity index (χ3n) is 4.30. The number of hydrogen-bond acceptors (Lipinski definition) is 1. The van der Waals surface area contributed by atoms with Crippen molar-refractivity contribution in [3.05, 3.63) is 23.5 Å². The zero-order valence-electron chi connectivity index (χ0n) is 11.4. The lowest BCUT2D eigenvalue weighted by Crippen LogP contribution is -2.19. The molecule has 2 N–H and O–H groups in total. The summed E-state index contributed by atoms with van der Waals surface area (Å²) in [6, 6.07) is 3.13. The summed E-state index contributed by atoms with van der Waals surface area (Å²) in [5.41, 5.74) is 9.07. The van der Waals surface area contributed by atoms with Crippen molar-refractivity contribution in [3.8, 4) is 0 Å². The molecule has 17 heavy (non-hydrogen) atoms. The quantitative estimate of drug-likeness (QED) is 0.843. The average Bonchev–Trinajstić information content (AvgIpc) is 2.74. The molecule has 0 saturated carbocycles. The van der Waals surface area contributed by atoms with Crippen molar-refractivity contribution in [2.45, 2.75) is 65.0 Å². The molecule has 0 spiro atoms. The van der Waals surface area contributed by atoms with E-state index in [-0.39, 0.29) is 6.04 Å². The van der Waals surface area contributed by atoms with Gasteiger partial charge in [-0.2, -0.15) is 0 Å². The lowest BCUT2D eigenvalue weighted by molar-refractivity contribution is 0.387. The van der Waals surface area contributed by atoms with Gasteiger partial charge in [-0.1, -0.05) is 20.3 Å². The molecule has 2 heteroatoms. The van der Waals surface area contributed by atoms with E-state index < -0.39 is 0 Å². The van der Waals surface area contributed by atoms with E-state index >= 15 is 0 Å². The van der Waals surface area contributed by atoms with Crippen LogP contribution in [0.15, 0.2) is 12.3 Å². The molecule has 1 aromatic heterocycles. The molecule has 3 unspecified atom stereocenters. The van der Waals surface area contributed by atoms with Crippen molar-refractivity contribution in [2.75, 3.05) is 0 Å². The van der Waals surface area contributed by atoms with Crippen molar-refractivity contribution in [1.82, 2.24) is 4.57 Å². The van der Waals surface area contributed by atoms with Crippen LogP contribution in [0.2, 0.25) is 0 Å². The molecule has 0 radical (unpaired) electrons. The van der Waals surface area contributed by atoms with Gasteiger partial charge < -0.3 is 10.3 Å². The number of nitrogens with two attached hydrogens (primary N) is 1. The molecule has 0 amide bonds. The highest BCUT2D eigenvalue weighted by Crippen LogP contribution is 2.32. The van der Waals surface area contributed by atoms with E-state index in [0.29, 0.717) is 6.04 Å². The Morgan fingerprint density at radius 1 is 1.47 bits per heavy atom. The summed E-state index contributed by atoms with van der Waals surface area (Å²) in [6.45, 7) is 6.96. The second kappa shape index (κ2) is 5.26. The average molecular weight is 234 g/mol. The standard InChI is InChI=1S/C15H26N2/c1-4-11(2)10-12(3)17-9-8-13-14(16)6-5-7-15(13)17/h8-9,11-12,14H,4-7,10,16H2,1-3H3. The van der Waals surface area contributed by atoms with Crippen molar-refractivity contribution in [1.29, 1.82) is 0 Å². The fourth-order valence-corrected chi connectivity index (χ4v) is 3.03. The topological polar surface area (TPSA) is 30.9 Å². The minimum absolute atomic E-state index is 0.274. The van der Waals surface area contributed by atoms with Crippen LogP contribution in [-0.2, 0) is 6.42 Å². The molecule has 3 atom stereocenters. The molecule has 0 fully saturated rings. The number of hydrogen-bond donors (Lipinski definition) is 1. The third kappa shape index (κ3) is 2.57. The van der Waals surface area contributed by atoms with Crippen LogP contribution in [0.4, 0.5) is 0 Å². The van der Waals surface area contributed by atoms with Crippen LogP contribution in [0.5, 0.6) is 0 Å². The lowest BCUT2D eigenvalue weighted by Gasteiger charge is -2.25. The highest BCUT2D eigenvalue weighted by Gasteiger charge is 2.22. The van der Waals surface area contributed by atoms with E-state index in [1.165, 1.54) is 36.9 Å². The van der Waals surface area contributed by atoms with E-state index in [4.69, 9.17) is 5.73 Å². The van der Waals surface area contributed by atoms with Gasteiger partial charge in [-0.05, 0) is 50.2 Å². The summed E-state index contributed by atoms with van der Waals surface area (Å²) in [5.74, 6) is 0.806. The molecule has 2 rings (SSSR count). The molecule has 1 aliphatic carbocycles. The molecule has 1 heterocycles. The molecule has 0 aliphatic heterocycles. The van der Waals surface area contributed by atoms with Gasteiger partial charge in [0.05, 0.1) is 0 Å². The lowest BCUT2D eigenvalue weighted by atomic mass is 9.93. The first-order valence-corrected chi connectivity index (χ1v) is 7.08. The smallest absolute Gasteiger partial charge is 0.0312 e. The van der Waals surface area contributed by atoms with Gasteiger partial charge in [0.2, 0.25) is 0 Å². The predicted octanol–water partition coefficient (Wildman–Crippen LogP) is 3.82. The van der Waals surface area contributed by atoms with E-state index in [9.17, 15) is 0 Å². The second-order valence-electron chi connectivity index (χ2n) is 5.72. The summed E-state index contributed by atoms with van der Waals surface area (Å²) in [7, 11) is 0. The Balaban J connectivity index is 2.16. The Labute approximate surface area is 105 Å². The molecular weight excluding hydrogens is 208 g/mol. The first kappa shape index (κ1) is 12.7. The molecule has 2 nitrogen and oxygen atoms in total. The Hall–Kier alpha value is -0.760. The van der Waals surface area contributed by atoms with Crippen molar-refractivity contribution in [3.63, 3.8) is 0 Å². The molecular formula is C15H26N2. The summed E-state index contributed by atoms with van der Waals surface area (Å²) in [5, 5.41) is 0. The van der Waals surface area contributed by atoms with E-state index in [1.807, 2.05) is 0 Å². The third-order valence-corrected chi connectivity index (χ3v) is 4.30. The normalized spacial score (nSPS) is 23.2. The van der Waals surface area contributed by atoms with Gasteiger partial charge >= 0.3 is 0 Å². The largest absolute Gasteiger partial charge is 0.348 e. The van der Waals surface area contributed by atoms with Crippen molar-refractivity contribution in [2.24, 2.45) is 11.7 Å². The highest BCUT2D eigenvalue weighted by atomic mass is 15.0. The van der Waals surface area contributed by atoms with Gasteiger partial charge in [0, 0.05) is 24.0 Å². The fourth-order valence-electron chi connectivity index (χ4n) is 3.03. The van der Waals surface area contributed by atoms with Gasteiger partial charge in [-0.25, -0.2) is 0 Å². The van der Waals surface area contributed by atoms with Crippen molar-refractivity contribution >= 4 is 0 Å². The van der Waals surface area contributed by atoms with Crippen LogP contribution in [0.3, 0.4) is 0 Å². The second-order valence-corrected chi connectivity index (χ2v) is 5.72. The number of nitrogens with zero attached hydrogens (tertiary/aromatic N) is 1. The minimum atomic E-state index is 0.274. The zero-order valence-corrected chi connectivity index (χ0v) is 11.4. The highest BCUT2D eigenvalue weighted by molar-refractivity contribution is 5.28. The Morgan fingerprint density at radius 2 is 2.24 bits per heavy atom. The summed E-state index contributed by atoms with van der Waals surface area (Å²) in [4.78, 5) is 0. The van der Waals surface area contributed by atoms with Gasteiger partial charge in [-0.15, -0.1) is 0 Å². The van der Waals surface area contributed by atoms with E-state index in [2.05, 4.69) is 37.6 Å². The summed E-state index contributed by atoms with van der Waals surface area (Å²) in [6.07, 6.45) is 8.40. The van der Waals surface area contributed by atoms with Crippen LogP contribution < -0.4 is 5.73 Å². The van der Waals surface area contributed by atoms with E-state index in [0.717, 1.165) is 12.3 Å². The van der Waals surface area contributed by atoms with Crippen molar-refractivity contribution < 1.29 is 0 Å². The van der Waals surface area contributed by atoms with Crippen LogP contribution >= 0.6 is 0 Å². The Bertz CT molecular complexity index is 367. The summed E-state index contributed by atoms with van der Waals surface area (Å²) < 4.78 is 2.47. The Morgan fingerprint density at radius 3 is 2.94 bits per heavy atom. The van der Waals surface area contributed by atoms with Crippen LogP contribution in [0.1, 0.15) is 69.8 Å². The maximum atomic E-state index is 6.17. The maximum absolute atomic E-state index is 6.17. The fraction of sp³-hybridized carbons (Fsp3) is 0.733. The molecule has 0 saturated heterocycles. The van der Waals surface area contributed by atoms with Crippen LogP contribution in [0, 0.1) is 5.92 Å². The molecule has 1 aromatic rings. The first-order chi connectivity index (χ1) is 8.13.